The van der Waals surface area contributed by atoms with E-state index in [0.717, 1.165) is 17.3 Å². The molecule has 216 valence electrons. The summed E-state index contributed by atoms with van der Waals surface area (Å²) in [6, 6.07) is 9.39. The second-order valence-electron chi connectivity index (χ2n) is 10.2. The molecule has 1 amide bonds. The molecule has 3 rings (SSSR count). The van der Waals surface area contributed by atoms with Crippen molar-refractivity contribution in [3.8, 4) is 22.8 Å². The largest absolute Gasteiger partial charge is 0.494 e. The SMILES string of the molecule is Cc1cc(CS(C)(=O)=NC(=O)OC(C)(C)C)cc(OCCCCOc2cc(-c3nc(Cl)ncc3F)ccc2F)c1. The number of ether oxygens (including phenoxy) is 3. The van der Waals surface area contributed by atoms with E-state index in [1.54, 1.807) is 26.8 Å². The molecular formula is C28H32ClF2N3O5S. The van der Waals surface area contributed by atoms with Gasteiger partial charge in [-0.2, -0.15) is 0 Å². The van der Waals surface area contributed by atoms with Gasteiger partial charge in [0.1, 0.15) is 17.0 Å². The molecule has 1 atom stereocenters. The number of halogens is 3. The van der Waals surface area contributed by atoms with E-state index in [2.05, 4.69) is 14.3 Å². The molecule has 1 heterocycles. The second kappa shape index (κ2) is 13.4. The van der Waals surface area contributed by atoms with Gasteiger partial charge >= 0.3 is 6.09 Å². The summed E-state index contributed by atoms with van der Waals surface area (Å²) >= 11 is 5.76. The Labute approximate surface area is 238 Å². The van der Waals surface area contributed by atoms with Crippen molar-refractivity contribution < 1.29 is 32.0 Å². The monoisotopic (exact) mass is 595 g/mol. The van der Waals surface area contributed by atoms with Crippen LogP contribution in [0.3, 0.4) is 0 Å². The van der Waals surface area contributed by atoms with Crippen molar-refractivity contribution >= 4 is 27.4 Å². The first-order valence-corrected chi connectivity index (χ1v) is 14.9. The molecule has 0 saturated heterocycles. The van der Waals surface area contributed by atoms with Gasteiger partial charge in [-0.25, -0.2) is 27.8 Å². The van der Waals surface area contributed by atoms with Crippen LogP contribution in [0.1, 0.15) is 44.7 Å². The van der Waals surface area contributed by atoms with Crippen LogP contribution in [0.25, 0.3) is 11.3 Å². The molecule has 0 N–H and O–H groups in total. The van der Waals surface area contributed by atoms with E-state index in [1.165, 1.54) is 24.5 Å². The molecule has 0 aliphatic carbocycles. The molecule has 1 aromatic heterocycles. The smallest absolute Gasteiger partial charge is 0.442 e. The van der Waals surface area contributed by atoms with Gasteiger partial charge in [0.25, 0.3) is 0 Å². The van der Waals surface area contributed by atoms with Crippen LogP contribution >= 0.6 is 11.6 Å². The van der Waals surface area contributed by atoms with Crippen LogP contribution in [0.2, 0.25) is 5.28 Å². The molecule has 2 aromatic carbocycles. The van der Waals surface area contributed by atoms with Gasteiger partial charge in [-0.1, -0.05) is 6.07 Å². The molecule has 0 spiro atoms. The highest BCUT2D eigenvalue weighted by Crippen LogP contribution is 2.28. The van der Waals surface area contributed by atoms with Crippen molar-refractivity contribution in [2.24, 2.45) is 4.36 Å². The number of rotatable bonds is 10. The van der Waals surface area contributed by atoms with Crippen LogP contribution in [0.4, 0.5) is 13.6 Å². The van der Waals surface area contributed by atoms with Gasteiger partial charge in [-0.05, 0) is 93.6 Å². The van der Waals surface area contributed by atoms with Gasteiger partial charge in [-0.15, -0.1) is 4.36 Å². The molecule has 0 bridgehead atoms. The van der Waals surface area contributed by atoms with Crippen LogP contribution < -0.4 is 9.47 Å². The first-order valence-electron chi connectivity index (χ1n) is 12.5. The molecule has 40 heavy (non-hydrogen) atoms. The van der Waals surface area contributed by atoms with Crippen LogP contribution in [-0.2, 0) is 20.2 Å². The highest BCUT2D eigenvalue weighted by molar-refractivity contribution is 7.92. The molecule has 0 radical (unpaired) electrons. The molecular weight excluding hydrogens is 564 g/mol. The number of carbonyl (C=O) groups excluding carboxylic acids is 1. The summed E-state index contributed by atoms with van der Waals surface area (Å²) in [6.07, 6.45) is 2.68. The predicted molar refractivity (Wildman–Crippen MR) is 150 cm³/mol. The second-order valence-corrected chi connectivity index (χ2v) is 12.9. The minimum Gasteiger partial charge on any atom is -0.494 e. The lowest BCUT2D eigenvalue weighted by Crippen LogP contribution is -2.22. The number of nitrogens with zero attached hydrogens (tertiary/aromatic N) is 3. The average molecular weight is 596 g/mol. The summed E-state index contributed by atoms with van der Waals surface area (Å²) < 4.78 is 61.6. The lowest BCUT2D eigenvalue weighted by atomic mass is 10.1. The summed E-state index contributed by atoms with van der Waals surface area (Å²) in [5.41, 5.74) is 1.16. The average Bonchev–Trinajstić information content (AvgIpc) is 2.81. The predicted octanol–water partition coefficient (Wildman–Crippen LogP) is 7.15. The van der Waals surface area contributed by atoms with Gasteiger partial charge in [0.05, 0.1) is 34.9 Å². The number of aryl methyl sites for hydroxylation is 1. The standard InChI is InChI=1S/C28H32ClF2N3O5S/c1-18-12-19(17-40(5,36)34-27(35)39-28(2,3)4)14-21(13-18)37-10-6-7-11-38-24-15-20(8-9-22(24)30)25-23(31)16-32-26(29)33-25/h8-9,12-16H,6-7,10-11,17H2,1-5H3. The van der Waals surface area contributed by atoms with Crippen molar-refractivity contribution in [1.82, 2.24) is 9.97 Å². The minimum absolute atomic E-state index is 0.0316. The number of hydrogen-bond donors (Lipinski definition) is 0. The third-order valence-corrected chi connectivity index (χ3v) is 6.78. The number of amides is 1. The van der Waals surface area contributed by atoms with E-state index in [1.807, 2.05) is 19.1 Å². The fourth-order valence-corrected chi connectivity index (χ4v) is 4.99. The van der Waals surface area contributed by atoms with Gasteiger partial charge in [-0.3, -0.25) is 0 Å². The van der Waals surface area contributed by atoms with Crippen molar-refractivity contribution in [2.75, 3.05) is 19.5 Å². The van der Waals surface area contributed by atoms with Gasteiger partial charge in [0.2, 0.25) is 5.28 Å². The van der Waals surface area contributed by atoms with Crippen molar-refractivity contribution in [3.05, 3.63) is 70.6 Å². The minimum atomic E-state index is -2.86. The Bertz CT molecular complexity index is 1490. The number of hydrogen-bond acceptors (Lipinski definition) is 7. The van der Waals surface area contributed by atoms with Gasteiger partial charge in [0, 0.05) is 11.8 Å². The van der Waals surface area contributed by atoms with Crippen molar-refractivity contribution in [3.63, 3.8) is 0 Å². The molecule has 0 fully saturated rings. The van der Waals surface area contributed by atoms with E-state index in [-0.39, 0.29) is 29.1 Å². The summed E-state index contributed by atoms with van der Waals surface area (Å²) in [5.74, 6) is -0.646. The first kappa shape index (κ1) is 31.2. The summed E-state index contributed by atoms with van der Waals surface area (Å²) in [4.78, 5) is 19.4. The van der Waals surface area contributed by atoms with Crippen molar-refractivity contribution in [1.29, 1.82) is 0 Å². The number of aromatic nitrogens is 2. The molecule has 0 aliphatic rings. The van der Waals surface area contributed by atoms with Crippen LogP contribution in [-0.4, -0.2) is 45.3 Å². The van der Waals surface area contributed by atoms with Crippen LogP contribution in [0.5, 0.6) is 11.5 Å². The zero-order chi connectivity index (χ0) is 29.5. The Morgan fingerprint density at radius 1 is 1.05 bits per heavy atom. The molecule has 3 aromatic rings. The van der Waals surface area contributed by atoms with E-state index >= 15 is 0 Å². The van der Waals surface area contributed by atoms with Crippen molar-refractivity contribution in [2.45, 2.75) is 51.9 Å². The van der Waals surface area contributed by atoms with E-state index < -0.39 is 33.1 Å². The summed E-state index contributed by atoms with van der Waals surface area (Å²) in [7, 11) is -2.86. The molecule has 1 unspecified atom stereocenters. The van der Waals surface area contributed by atoms with Crippen LogP contribution in [0.15, 0.2) is 47.0 Å². The zero-order valence-corrected chi connectivity index (χ0v) is 24.6. The number of unbranched alkanes of at least 4 members (excludes halogenated alkanes) is 1. The first-order chi connectivity index (χ1) is 18.7. The van der Waals surface area contributed by atoms with Gasteiger partial charge in [0.15, 0.2) is 17.4 Å². The Kier molecular flexibility index (Phi) is 10.4. The lowest BCUT2D eigenvalue weighted by molar-refractivity contribution is 0.0607. The van der Waals surface area contributed by atoms with E-state index in [0.29, 0.717) is 30.8 Å². The fraction of sp³-hybridized carbons (Fsp3) is 0.393. The maximum absolute atomic E-state index is 14.2. The summed E-state index contributed by atoms with van der Waals surface area (Å²) in [5, 5.41) is -0.122. The molecule has 8 nitrogen and oxygen atoms in total. The Balaban J connectivity index is 1.52. The maximum atomic E-state index is 14.2. The molecule has 0 aliphatic heterocycles. The number of benzene rings is 2. The van der Waals surface area contributed by atoms with Gasteiger partial charge < -0.3 is 14.2 Å². The Morgan fingerprint density at radius 2 is 1.75 bits per heavy atom. The summed E-state index contributed by atoms with van der Waals surface area (Å²) in [6.45, 7) is 7.60. The lowest BCUT2D eigenvalue weighted by Gasteiger charge is -2.17. The highest BCUT2D eigenvalue weighted by atomic mass is 35.5. The maximum Gasteiger partial charge on any atom is 0.442 e. The van der Waals surface area contributed by atoms with E-state index in [9.17, 15) is 17.8 Å². The fourth-order valence-electron chi connectivity index (χ4n) is 3.66. The number of carbonyl (C=O) groups is 1. The Morgan fingerprint density at radius 3 is 2.45 bits per heavy atom. The van der Waals surface area contributed by atoms with Crippen LogP contribution in [0, 0.1) is 18.6 Å². The van der Waals surface area contributed by atoms with E-state index in [4.69, 9.17) is 25.8 Å². The highest BCUT2D eigenvalue weighted by Gasteiger charge is 2.18. The normalized spacial score (nSPS) is 12.9. The molecule has 0 saturated carbocycles. The zero-order valence-electron chi connectivity index (χ0n) is 23.0. The third-order valence-electron chi connectivity index (χ3n) is 5.19. The Hall–Kier alpha value is -3.31. The topological polar surface area (TPSA) is 100.0 Å². The quantitative estimate of drug-likeness (QED) is 0.181. The molecule has 12 heteroatoms. The third kappa shape index (κ3) is 10.0.